The lowest BCUT2D eigenvalue weighted by Crippen LogP contribution is -2.11. The van der Waals surface area contributed by atoms with Crippen molar-refractivity contribution in [3.05, 3.63) is 47.4 Å². The van der Waals surface area contributed by atoms with Gasteiger partial charge in [-0.2, -0.15) is 4.98 Å². The summed E-state index contributed by atoms with van der Waals surface area (Å²) in [5, 5.41) is 6.48. The van der Waals surface area contributed by atoms with Crippen molar-refractivity contribution in [1.82, 2.24) is 9.97 Å². The first kappa shape index (κ1) is 15.2. The number of aromatic nitrogens is 2. The molecule has 0 aliphatic heterocycles. The standard InChI is InChI=1S/C16H21FN4/c1-3-9-19-16-20-11-12(2)15(21-16)18-10-8-13-4-6-14(17)7-5-13/h4-7,11H,3,8-10H2,1-2H3,(H2,18,19,20,21). The molecule has 2 aromatic rings. The van der Waals surface area contributed by atoms with Crippen LogP contribution >= 0.6 is 0 Å². The second kappa shape index (κ2) is 7.57. The van der Waals surface area contributed by atoms with Crippen LogP contribution in [-0.2, 0) is 6.42 Å². The molecule has 0 atom stereocenters. The molecule has 1 aromatic carbocycles. The molecular formula is C16H21FN4. The summed E-state index contributed by atoms with van der Waals surface area (Å²) in [4.78, 5) is 8.71. The van der Waals surface area contributed by atoms with Crippen molar-refractivity contribution < 1.29 is 4.39 Å². The smallest absolute Gasteiger partial charge is 0.224 e. The van der Waals surface area contributed by atoms with E-state index in [0.717, 1.165) is 42.9 Å². The molecule has 2 N–H and O–H groups in total. The fourth-order valence-electron chi connectivity index (χ4n) is 1.92. The van der Waals surface area contributed by atoms with Crippen molar-refractivity contribution in [1.29, 1.82) is 0 Å². The van der Waals surface area contributed by atoms with Crippen LogP contribution in [0.5, 0.6) is 0 Å². The SMILES string of the molecule is CCCNc1ncc(C)c(NCCc2ccc(F)cc2)n1. The molecule has 0 spiro atoms. The van der Waals surface area contributed by atoms with Gasteiger partial charge in [-0.15, -0.1) is 0 Å². The van der Waals surface area contributed by atoms with Gasteiger partial charge in [0.15, 0.2) is 0 Å². The maximum absolute atomic E-state index is 12.8. The first-order chi connectivity index (χ1) is 10.2. The summed E-state index contributed by atoms with van der Waals surface area (Å²) in [5.74, 6) is 1.28. The number of hydrogen-bond acceptors (Lipinski definition) is 4. The van der Waals surface area contributed by atoms with E-state index in [9.17, 15) is 4.39 Å². The molecule has 0 aliphatic carbocycles. The van der Waals surface area contributed by atoms with Crippen molar-refractivity contribution in [3.8, 4) is 0 Å². The highest BCUT2D eigenvalue weighted by molar-refractivity contribution is 5.46. The van der Waals surface area contributed by atoms with Gasteiger partial charge >= 0.3 is 0 Å². The van der Waals surface area contributed by atoms with E-state index in [2.05, 4.69) is 27.5 Å². The van der Waals surface area contributed by atoms with E-state index >= 15 is 0 Å². The van der Waals surface area contributed by atoms with Crippen LogP contribution in [0.2, 0.25) is 0 Å². The van der Waals surface area contributed by atoms with Gasteiger partial charge in [0, 0.05) is 24.8 Å². The Kier molecular flexibility index (Phi) is 5.49. The highest BCUT2D eigenvalue weighted by atomic mass is 19.1. The minimum absolute atomic E-state index is 0.204. The monoisotopic (exact) mass is 288 g/mol. The van der Waals surface area contributed by atoms with Crippen LogP contribution < -0.4 is 10.6 Å². The first-order valence-corrected chi connectivity index (χ1v) is 7.25. The average Bonchev–Trinajstić information content (AvgIpc) is 2.50. The third-order valence-electron chi connectivity index (χ3n) is 3.12. The van der Waals surface area contributed by atoms with Gasteiger partial charge in [0.05, 0.1) is 0 Å². The third-order valence-corrected chi connectivity index (χ3v) is 3.12. The summed E-state index contributed by atoms with van der Waals surface area (Å²) in [6.45, 7) is 5.68. The van der Waals surface area contributed by atoms with Gasteiger partial charge in [0.2, 0.25) is 5.95 Å². The van der Waals surface area contributed by atoms with E-state index in [1.54, 1.807) is 12.1 Å². The molecule has 4 nitrogen and oxygen atoms in total. The second-order valence-electron chi connectivity index (χ2n) is 4.96. The van der Waals surface area contributed by atoms with E-state index in [1.165, 1.54) is 12.1 Å². The summed E-state index contributed by atoms with van der Waals surface area (Å²) in [6, 6.07) is 6.58. The molecule has 1 aromatic heterocycles. The number of anilines is 2. The molecule has 5 heteroatoms. The quantitative estimate of drug-likeness (QED) is 0.820. The fourth-order valence-corrected chi connectivity index (χ4v) is 1.92. The highest BCUT2D eigenvalue weighted by Crippen LogP contribution is 2.13. The number of rotatable bonds is 7. The van der Waals surface area contributed by atoms with Crippen LogP contribution in [0, 0.1) is 12.7 Å². The Balaban J connectivity index is 1.91. The normalized spacial score (nSPS) is 10.4. The van der Waals surface area contributed by atoms with Gasteiger partial charge in [-0.05, 0) is 37.5 Å². The first-order valence-electron chi connectivity index (χ1n) is 7.25. The largest absolute Gasteiger partial charge is 0.369 e. The minimum atomic E-state index is -0.204. The highest BCUT2D eigenvalue weighted by Gasteiger charge is 2.03. The molecule has 0 bridgehead atoms. The summed E-state index contributed by atoms with van der Waals surface area (Å²) in [6.07, 6.45) is 3.66. The molecule has 21 heavy (non-hydrogen) atoms. The number of benzene rings is 1. The summed E-state index contributed by atoms with van der Waals surface area (Å²) in [7, 11) is 0. The zero-order valence-corrected chi connectivity index (χ0v) is 12.5. The van der Waals surface area contributed by atoms with Gasteiger partial charge in [0.25, 0.3) is 0 Å². The topological polar surface area (TPSA) is 49.8 Å². The summed E-state index contributed by atoms with van der Waals surface area (Å²) >= 11 is 0. The molecule has 0 aliphatic rings. The van der Waals surface area contributed by atoms with Crippen LogP contribution in [0.25, 0.3) is 0 Å². The number of aryl methyl sites for hydroxylation is 1. The molecule has 0 unspecified atom stereocenters. The Morgan fingerprint density at radius 3 is 2.57 bits per heavy atom. The van der Waals surface area contributed by atoms with Crippen LogP contribution in [0.4, 0.5) is 16.2 Å². The lowest BCUT2D eigenvalue weighted by Gasteiger charge is -2.10. The Bertz CT molecular complexity index is 569. The maximum atomic E-state index is 12.8. The summed E-state index contributed by atoms with van der Waals surface area (Å²) in [5.41, 5.74) is 2.11. The second-order valence-corrected chi connectivity index (χ2v) is 4.96. The molecule has 2 rings (SSSR count). The van der Waals surface area contributed by atoms with E-state index in [0.29, 0.717) is 5.95 Å². The van der Waals surface area contributed by atoms with Gasteiger partial charge in [-0.3, -0.25) is 0 Å². The lowest BCUT2D eigenvalue weighted by molar-refractivity contribution is 0.627. The van der Waals surface area contributed by atoms with E-state index in [1.807, 2.05) is 13.1 Å². The number of nitrogens with zero attached hydrogens (tertiary/aromatic N) is 2. The van der Waals surface area contributed by atoms with Gasteiger partial charge < -0.3 is 10.6 Å². The molecule has 1 heterocycles. The summed E-state index contributed by atoms with van der Waals surface area (Å²) < 4.78 is 12.8. The van der Waals surface area contributed by atoms with Crippen LogP contribution in [-0.4, -0.2) is 23.1 Å². The van der Waals surface area contributed by atoms with Crippen molar-refractivity contribution >= 4 is 11.8 Å². The maximum Gasteiger partial charge on any atom is 0.224 e. The van der Waals surface area contributed by atoms with E-state index in [-0.39, 0.29) is 5.82 Å². The minimum Gasteiger partial charge on any atom is -0.369 e. The Morgan fingerprint density at radius 1 is 1.10 bits per heavy atom. The molecule has 0 saturated carbocycles. The zero-order valence-electron chi connectivity index (χ0n) is 12.5. The Labute approximate surface area is 124 Å². The molecule has 112 valence electrons. The predicted molar refractivity (Wildman–Crippen MR) is 84.1 cm³/mol. The predicted octanol–water partition coefficient (Wildman–Crippen LogP) is 3.40. The molecule has 0 radical (unpaired) electrons. The average molecular weight is 288 g/mol. The Morgan fingerprint density at radius 2 is 1.86 bits per heavy atom. The fraction of sp³-hybridized carbons (Fsp3) is 0.375. The van der Waals surface area contributed by atoms with Crippen LogP contribution in [0.15, 0.2) is 30.5 Å². The van der Waals surface area contributed by atoms with Crippen molar-refractivity contribution in [2.75, 3.05) is 23.7 Å². The van der Waals surface area contributed by atoms with Crippen LogP contribution in [0.1, 0.15) is 24.5 Å². The molecule has 0 fully saturated rings. The lowest BCUT2D eigenvalue weighted by atomic mass is 10.1. The Hall–Kier alpha value is -2.17. The molecular weight excluding hydrogens is 267 g/mol. The molecule has 0 saturated heterocycles. The third kappa shape index (κ3) is 4.70. The van der Waals surface area contributed by atoms with E-state index < -0.39 is 0 Å². The number of hydrogen-bond donors (Lipinski definition) is 2. The number of halogens is 1. The van der Waals surface area contributed by atoms with Gasteiger partial charge in [-0.25, -0.2) is 9.37 Å². The van der Waals surface area contributed by atoms with Crippen molar-refractivity contribution in [2.24, 2.45) is 0 Å². The van der Waals surface area contributed by atoms with Gasteiger partial charge in [0.1, 0.15) is 11.6 Å². The van der Waals surface area contributed by atoms with Crippen LogP contribution in [0.3, 0.4) is 0 Å². The zero-order chi connectivity index (χ0) is 15.1. The molecule has 0 amide bonds. The van der Waals surface area contributed by atoms with Crippen molar-refractivity contribution in [2.45, 2.75) is 26.7 Å². The van der Waals surface area contributed by atoms with E-state index in [4.69, 9.17) is 0 Å². The number of nitrogens with one attached hydrogen (secondary N) is 2. The van der Waals surface area contributed by atoms with Crippen molar-refractivity contribution in [3.63, 3.8) is 0 Å². The van der Waals surface area contributed by atoms with Gasteiger partial charge in [-0.1, -0.05) is 19.1 Å².